The normalized spacial score (nSPS) is 35.3. The minimum atomic E-state index is -0.880. The molecule has 0 aromatic carbocycles. The van der Waals surface area contributed by atoms with Crippen molar-refractivity contribution in [3.63, 3.8) is 0 Å². The summed E-state index contributed by atoms with van der Waals surface area (Å²) in [6.45, 7) is 4.28. The van der Waals surface area contributed by atoms with E-state index in [4.69, 9.17) is 9.84 Å². The third-order valence-corrected chi connectivity index (χ3v) is 2.75. The molecule has 2 atom stereocenters. The highest BCUT2D eigenvalue weighted by atomic mass is 16.5. The SMILES string of the molecule is CCOC1(C(=O)O)CCCC1C. The van der Waals surface area contributed by atoms with E-state index in [1.807, 2.05) is 13.8 Å². The molecule has 0 amide bonds. The number of carboxylic acids is 1. The molecule has 0 aliphatic heterocycles. The quantitative estimate of drug-likeness (QED) is 0.704. The Kier molecular flexibility index (Phi) is 2.73. The average molecular weight is 172 g/mol. The molecule has 3 nitrogen and oxygen atoms in total. The molecule has 3 heteroatoms. The van der Waals surface area contributed by atoms with Gasteiger partial charge in [-0.3, -0.25) is 0 Å². The Morgan fingerprint density at radius 2 is 2.42 bits per heavy atom. The van der Waals surface area contributed by atoms with E-state index in [9.17, 15) is 4.79 Å². The molecule has 0 aromatic rings. The summed E-state index contributed by atoms with van der Waals surface area (Å²) in [6.07, 6.45) is 2.59. The van der Waals surface area contributed by atoms with Crippen LogP contribution in [0.1, 0.15) is 33.1 Å². The smallest absolute Gasteiger partial charge is 0.336 e. The first-order chi connectivity index (χ1) is 5.63. The van der Waals surface area contributed by atoms with Crippen LogP contribution in [0.3, 0.4) is 0 Å². The molecule has 1 rings (SSSR count). The Balaban J connectivity index is 2.77. The first-order valence-corrected chi connectivity index (χ1v) is 4.51. The van der Waals surface area contributed by atoms with E-state index in [1.54, 1.807) is 0 Å². The van der Waals surface area contributed by atoms with Gasteiger partial charge in [-0.05, 0) is 32.1 Å². The first kappa shape index (κ1) is 9.52. The topological polar surface area (TPSA) is 46.5 Å². The van der Waals surface area contributed by atoms with Crippen LogP contribution in [0.4, 0.5) is 0 Å². The Morgan fingerprint density at radius 3 is 2.75 bits per heavy atom. The molecule has 2 unspecified atom stereocenters. The van der Waals surface area contributed by atoms with Crippen molar-refractivity contribution in [3.8, 4) is 0 Å². The Labute approximate surface area is 72.7 Å². The Morgan fingerprint density at radius 1 is 1.75 bits per heavy atom. The maximum atomic E-state index is 11.0. The van der Waals surface area contributed by atoms with Crippen LogP contribution in [-0.4, -0.2) is 23.3 Å². The lowest BCUT2D eigenvalue weighted by molar-refractivity contribution is -0.170. The van der Waals surface area contributed by atoms with Gasteiger partial charge in [-0.2, -0.15) is 0 Å². The van der Waals surface area contributed by atoms with Gasteiger partial charge in [-0.1, -0.05) is 6.92 Å². The molecule has 0 bridgehead atoms. The third-order valence-electron chi connectivity index (χ3n) is 2.75. The molecule has 1 aliphatic carbocycles. The van der Waals surface area contributed by atoms with Crippen LogP contribution >= 0.6 is 0 Å². The van der Waals surface area contributed by atoms with Gasteiger partial charge in [0.25, 0.3) is 0 Å². The second-order valence-corrected chi connectivity index (χ2v) is 3.42. The van der Waals surface area contributed by atoms with E-state index >= 15 is 0 Å². The predicted molar refractivity (Wildman–Crippen MR) is 45.0 cm³/mol. The summed E-state index contributed by atoms with van der Waals surface area (Å²) >= 11 is 0. The molecule has 1 saturated carbocycles. The van der Waals surface area contributed by atoms with E-state index in [2.05, 4.69) is 0 Å². The number of rotatable bonds is 3. The van der Waals surface area contributed by atoms with Crippen molar-refractivity contribution in [2.45, 2.75) is 38.7 Å². The Bertz CT molecular complexity index is 179. The fraction of sp³-hybridized carbons (Fsp3) is 0.889. The highest BCUT2D eigenvalue weighted by Gasteiger charge is 2.47. The van der Waals surface area contributed by atoms with Crippen molar-refractivity contribution in [3.05, 3.63) is 0 Å². The van der Waals surface area contributed by atoms with Gasteiger partial charge in [0.15, 0.2) is 5.60 Å². The molecule has 12 heavy (non-hydrogen) atoms. The molecular weight excluding hydrogens is 156 g/mol. The summed E-state index contributed by atoms with van der Waals surface area (Å²) in [6, 6.07) is 0. The standard InChI is InChI=1S/C9H16O3/c1-3-12-9(8(10)11)6-4-5-7(9)2/h7H,3-6H2,1-2H3,(H,10,11). The zero-order valence-electron chi connectivity index (χ0n) is 7.67. The van der Waals surface area contributed by atoms with Gasteiger partial charge in [0.1, 0.15) is 0 Å². The zero-order chi connectivity index (χ0) is 9.19. The molecule has 1 fully saturated rings. The summed E-state index contributed by atoms with van der Waals surface area (Å²) in [7, 11) is 0. The summed E-state index contributed by atoms with van der Waals surface area (Å²) in [5, 5.41) is 9.04. The Hall–Kier alpha value is -0.570. The van der Waals surface area contributed by atoms with Crippen LogP contribution in [0, 0.1) is 5.92 Å². The molecule has 0 heterocycles. The summed E-state index contributed by atoms with van der Waals surface area (Å²) in [5.41, 5.74) is -0.880. The highest BCUT2D eigenvalue weighted by Crippen LogP contribution is 2.38. The number of hydrogen-bond acceptors (Lipinski definition) is 2. The number of aliphatic carboxylic acids is 1. The maximum Gasteiger partial charge on any atom is 0.336 e. The van der Waals surface area contributed by atoms with Gasteiger partial charge in [0.2, 0.25) is 0 Å². The van der Waals surface area contributed by atoms with E-state index < -0.39 is 11.6 Å². The minimum absolute atomic E-state index is 0.148. The fourth-order valence-electron chi connectivity index (χ4n) is 2.00. The first-order valence-electron chi connectivity index (χ1n) is 4.51. The summed E-state index contributed by atoms with van der Waals surface area (Å²) < 4.78 is 5.36. The highest BCUT2D eigenvalue weighted by molar-refractivity contribution is 5.78. The largest absolute Gasteiger partial charge is 0.479 e. The number of hydrogen-bond donors (Lipinski definition) is 1. The second kappa shape index (κ2) is 3.44. The maximum absolute atomic E-state index is 11.0. The van der Waals surface area contributed by atoms with Crippen LogP contribution < -0.4 is 0 Å². The molecule has 1 N–H and O–H groups in total. The van der Waals surface area contributed by atoms with Crippen LogP contribution in [0.5, 0.6) is 0 Å². The van der Waals surface area contributed by atoms with Gasteiger partial charge in [0.05, 0.1) is 0 Å². The predicted octanol–water partition coefficient (Wildman–Crippen LogP) is 1.67. The number of carbonyl (C=O) groups is 1. The van der Waals surface area contributed by atoms with Crippen LogP contribution in [0.25, 0.3) is 0 Å². The van der Waals surface area contributed by atoms with Crippen molar-refractivity contribution in [1.29, 1.82) is 0 Å². The van der Waals surface area contributed by atoms with E-state index in [1.165, 1.54) is 0 Å². The van der Waals surface area contributed by atoms with Crippen molar-refractivity contribution >= 4 is 5.97 Å². The van der Waals surface area contributed by atoms with E-state index in [0.29, 0.717) is 13.0 Å². The molecule has 0 saturated heterocycles. The zero-order valence-corrected chi connectivity index (χ0v) is 7.67. The van der Waals surface area contributed by atoms with E-state index in [0.717, 1.165) is 12.8 Å². The van der Waals surface area contributed by atoms with Gasteiger partial charge in [-0.25, -0.2) is 4.79 Å². The lowest BCUT2D eigenvalue weighted by atomic mass is 9.92. The van der Waals surface area contributed by atoms with Crippen LogP contribution in [-0.2, 0) is 9.53 Å². The molecule has 0 spiro atoms. The number of ether oxygens (including phenoxy) is 1. The monoisotopic (exact) mass is 172 g/mol. The van der Waals surface area contributed by atoms with Gasteiger partial charge in [0, 0.05) is 6.61 Å². The molecular formula is C9H16O3. The number of carboxylic acid groups (broad SMARTS) is 1. The lowest BCUT2D eigenvalue weighted by Crippen LogP contribution is -2.43. The molecule has 1 aliphatic rings. The van der Waals surface area contributed by atoms with Crippen LogP contribution in [0.2, 0.25) is 0 Å². The molecule has 0 aromatic heterocycles. The minimum Gasteiger partial charge on any atom is -0.479 e. The van der Waals surface area contributed by atoms with Gasteiger partial charge < -0.3 is 9.84 Å². The molecule has 70 valence electrons. The van der Waals surface area contributed by atoms with Gasteiger partial charge >= 0.3 is 5.97 Å². The fourth-order valence-corrected chi connectivity index (χ4v) is 2.00. The lowest BCUT2D eigenvalue weighted by Gasteiger charge is -2.28. The average Bonchev–Trinajstić information content (AvgIpc) is 2.34. The van der Waals surface area contributed by atoms with Crippen LogP contribution in [0.15, 0.2) is 0 Å². The summed E-state index contributed by atoms with van der Waals surface area (Å²) in [4.78, 5) is 11.0. The van der Waals surface area contributed by atoms with Gasteiger partial charge in [-0.15, -0.1) is 0 Å². The second-order valence-electron chi connectivity index (χ2n) is 3.42. The van der Waals surface area contributed by atoms with Crippen molar-refractivity contribution < 1.29 is 14.6 Å². The van der Waals surface area contributed by atoms with Crippen molar-refractivity contribution in [2.24, 2.45) is 5.92 Å². The molecule has 0 radical (unpaired) electrons. The summed E-state index contributed by atoms with van der Waals surface area (Å²) in [5.74, 6) is -0.649. The third kappa shape index (κ3) is 1.33. The van der Waals surface area contributed by atoms with Crippen molar-refractivity contribution in [2.75, 3.05) is 6.61 Å². The van der Waals surface area contributed by atoms with E-state index in [-0.39, 0.29) is 5.92 Å². The van der Waals surface area contributed by atoms with Crippen molar-refractivity contribution in [1.82, 2.24) is 0 Å².